The van der Waals surface area contributed by atoms with Crippen molar-refractivity contribution in [1.82, 2.24) is 5.32 Å². The Bertz CT molecular complexity index is 1890. The van der Waals surface area contributed by atoms with Gasteiger partial charge in [0.2, 0.25) is 5.91 Å². The Balaban J connectivity index is 1.37. The van der Waals surface area contributed by atoms with Crippen LogP contribution in [0.25, 0.3) is 6.08 Å². The van der Waals surface area contributed by atoms with Crippen molar-refractivity contribution in [1.29, 1.82) is 0 Å². The maximum Gasteiger partial charge on any atom is 0.272 e. The zero-order valence-corrected chi connectivity index (χ0v) is 27.1. The molecule has 0 aliphatic rings. The molecule has 0 fully saturated rings. The summed E-state index contributed by atoms with van der Waals surface area (Å²) in [7, 11) is 0. The Hall–Kier alpha value is -4.53. The van der Waals surface area contributed by atoms with Gasteiger partial charge in [-0.2, -0.15) is 0 Å². The lowest BCUT2D eigenvalue weighted by atomic mass is 10.1. The van der Waals surface area contributed by atoms with Crippen molar-refractivity contribution in [2.24, 2.45) is 0 Å². The van der Waals surface area contributed by atoms with Gasteiger partial charge in [-0.25, -0.2) is 0 Å². The highest BCUT2D eigenvalue weighted by molar-refractivity contribution is 8.00. The van der Waals surface area contributed by atoms with Crippen LogP contribution >= 0.6 is 46.6 Å². The molecule has 10 heteroatoms. The van der Waals surface area contributed by atoms with E-state index in [1.807, 2.05) is 36.4 Å². The molecule has 230 valence electrons. The number of carbonyl (C=O) groups is 3. The maximum atomic E-state index is 13.6. The first-order valence-corrected chi connectivity index (χ1v) is 16.0. The molecule has 3 N–H and O–H groups in total. The summed E-state index contributed by atoms with van der Waals surface area (Å²) in [5.41, 5.74) is 2.89. The van der Waals surface area contributed by atoms with Crippen LogP contribution in [-0.2, 0) is 9.59 Å². The van der Waals surface area contributed by atoms with Crippen LogP contribution in [0.1, 0.15) is 26.7 Å². The molecule has 0 aromatic heterocycles. The third-order valence-electron chi connectivity index (χ3n) is 6.58. The summed E-state index contributed by atoms with van der Waals surface area (Å²) >= 11 is 19.6. The van der Waals surface area contributed by atoms with Crippen LogP contribution in [0.4, 0.5) is 11.4 Å². The van der Waals surface area contributed by atoms with E-state index in [-0.39, 0.29) is 11.6 Å². The van der Waals surface area contributed by atoms with E-state index < -0.39 is 17.1 Å². The number of rotatable bonds is 10. The van der Waals surface area contributed by atoms with Crippen LogP contribution in [-0.4, -0.2) is 17.7 Å². The lowest BCUT2D eigenvalue weighted by Gasteiger charge is -2.18. The number of anilines is 2. The van der Waals surface area contributed by atoms with Crippen LogP contribution in [0.15, 0.2) is 138 Å². The van der Waals surface area contributed by atoms with E-state index in [9.17, 15) is 14.4 Å². The van der Waals surface area contributed by atoms with Crippen molar-refractivity contribution in [2.75, 3.05) is 10.6 Å². The van der Waals surface area contributed by atoms with Crippen LogP contribution in [0, 0.1) is 0 Å². The van der Waals surface area contributed by atoms with E-state index in [2.05, 4.69) is 16.0 Å². The van der Waals surface area contributed by atoms with E-state index in [1.54, 1.807) is 97.1 Å². The Morgan fingerprint density at radius 3 is 2.02 bits per heavy atom. The molecule has 5 aromatic carbocycles. The Morgan fingerprint density at radius 2 is 1.33 bits per heavy atom. The number of halogens is 3. The third kappa shape index (κ3) is 9.02. The summed E-state index contributed by atoms with van der Waals surface area (Å²) in [5.74, 6) is -1.22. The first kappa shape index (κ1) is 32.9. The average molecular weight is 687 g/mol. The number of nitrogens with one attached hydrogen (secondary N) is 3. The van der Waals surface area contributed by atoms with Gasteiger partial charge in [-0.05, 0) is 77.9 Å². The summed E-state index contributed by atoms with van der Waals surface area (Å²) in [6, 6.07) is 36.9. The normalized spacial score (nSPS) is 11.8. The molecule has 0 aliphatic carbocycles. The third-order valence-corrected chi connectivity index (χ3v) is 8.82. The van der Waals surface area contributed by atoms with Gasteiger partial charge in [0.1, 0.15) is 10.9 Å². The second-order valence-corrected chi connectivity index (χ2v) is 12.4. The maximum absolute atomic E-state index is 13.6. The quantitative estimate of drug-likeness (QED) is 0.101. The predicted molar refractivity (Wildman–Crippen MR) is 189 cm³/mol. The summed E-state index contributed by atoms with van der Waals surface area (Å²) in [6.07, 6.45) is 1.57. The SMILES string of the molecule is O=C(Nc1cccc(SC(C(=O)Nc2ccc(Cl)c(Cl)c2)c2ccccc2)c1)/C(=C/c1ccc(Cl)cc1)NC(=O)c1ccccc1. The molecule has 0 spiro atoms. The number of thioether (sulfide) groups is 1. The van der Waals surface area contributed by atoms with Crippen LogP contribution in [0.5, 0.6) is 0 Å². The number of benzene rings is 5. The summed E-state index contributed by atoms with van der Waals surface area (Å²) < 4.78 is 0. The zero-order chi connectivity index (χ0) is 32.5. The minimum absolute atomic E-state index is 0.0393. The predicted octanol–water partition coefficient (Wildman–Crippen LogP) is 9.53. The minimum atomic E-state index is -0.632. The van der Waals surface area contributed by atoms with E-state index >= 15 is 0 Å². The lowest BCUT2D eigenvalue weighted by molar-refractivity contribution is -0.116. The first-order valence-electron chi connectivity index (χ1n) is 14.0. The van der Waals surface area contributed by atoms with E-state index in [4.69, 9.17) is 34.8 Å². The highest BCUT2D eigenvalue weighted by Crippen LogP contribution is 2.37. The van der Waals surface area contributed by atoms with Crippen LogP contribution in [0.3, 0.4) is 0 Å². The second-order valence-electron chi connectivity index (χ2n) is 9.94. The van der Waals surface area contributed by atoms with Crippen molar-refractivity contribution in [3.8, 4) is 0 Å². The molecule has 46 heavy (non-hydrogen) atoms. The summed E-state index contributed by atoms with van der Waals surface area (Å²) in [5, 5.41) is 9.16. The fourth-order valence-electron chi connectivity index (χ4n) is 4.33. The average Bonchev–Trinajstić information content (AvgIpc) is 3.07. The molecular weight excluding hydrogens is 661 g/mol. The molecule has 0 heterocycles. The molecule has 0 radical (unpaired) electrons. The van der Waals surface area contributed by atoms with Crippen molar-refractivity contribution in [3.63, 3.8) is 0 Å². The van der Waals surface area contributed by atoms with Gasteiger partial charge in [0.05, 0.1) is 10.0 Å². The van der Waals surface area contributed by atoms with Crippen molar-refractivity contribution in [2.45, 2.75) is 10.1 Å². The van der Waals surface area contributed by atoms with Crippen molar-refractivity contribution in [3.05, 3.63) is 165 Å². The number of carbonyl (C=O) groups excluding carboxylic acids is 3. The van der Waals surface area contributed by atoms with E-state index in [0.717, 1.165) is 10.5 Å². The van der Waals surface area contributed by atoms with Gasteiger partial charge < -0.3 is 16.0 Å². The molecule has 1 unspecified atom stereocenters. The minimum Gasteiger partial charge on any atom is -0.325 e. The van der Waals surface area contributed by atoms with Crippen LogP contribution < -0.4 is 16.0 Å². The van der Waals surface area contributed by atoms with Gasteiger partial charge >= 0.3 is 0 Å². The largest absolute Gasteiger partial charge is 0.325 e. The Labute approximate surface area is 285 Å². The monoisotopic (exact) mass is 685 g/mol. The molecule has 0 saturated carbocycles. The zero-order valence-electron chi connectivity index (χ0n) is 24.0. The molecule has 0 bridgehead atoms. The van der Waals surface area contributed by atoms with Gasteiger partial charge in [0.25, 0.3) is 11.8 Å². The van der Waals surface area contributed by atoms with Crippen molar-refractivity contribution < 1.29 is 14.4 Å². The molecule has 0 aliphatic heterocycles. The second kappa shape index (κ2) is 15.7. The lowest BCUT2D eigenvalue weighted by Crippen LogP contribution is -2.30. The van der Waals surface area contributed by atoms with Gasteiger partial charge in [-0.15, -0.1) is 11.8 Å². The molecule has 6 nitrogen and oxygen atoms in total. The first-order chi connectivity index (χ1) is 22.2. The molecular formula is C36H26Cl3N3O3S. The van der Waals surface area contributed by atoms with Crippen LogP contribution in [0.2, 0.25) is 15.1 Å². The summed E-state index contributed by atoms with van der Waals surface area (Å²) in [6.45, 7) is 0. The molecule has 0 saturated heterocycles. The number of amides is 3. The van der Waals surface area contributed by atoms with Gasteiger partial charge in [-0.1, -0.05) is 102 Å². The standard InChI is InChI=1S/C36H26Cl3N3O3S/c37-26-16-14-23(15-17-26)20-32(42-34(43)25-10-5-2-6-11-25)35(44)40-27-12-7-13-29(21-27)46-33(24-8-3-1-4-9-24)36(45)41-28-18-19-30(38)31(39)22-28/h1-22,33H,(H,40,44)(H,41,45)(H,42,43)/b32-20-. The fraction of sp³-hybridized carbons (Fsp3) is 0.0278. The molecule has 5 aromatic rings. The van der Waals surface area contributed by atoms with Gasteiger partial charge in [0, 0.05) is 26.9 Å². The summed E-state index contributed by atoms with van der Waals surface area (Å²) in [4.78, 5) is 40.8. The van der Waals surface area contributed by atoms with E-state index in [1.165, 1.54) is 11.8 Å². The number of hydrogen-bond donors (Lipinski definition) is 3. The van der Waals surface area contributed by atoms with Gasteiger partial charge in [-0.3, -0.25) is 14.4 Å². The van der Waals surface area contributed by atoms with Gasteiger partial charge in [0.15, 0.2) is 0 Å². The fourth-order valence-corrected chi connectivity index (χ4v) is 5.84. The van der Waals surface area contributed by atoms with Crippen molar-refractivity contribution >= 4 is 81.7 Å². The molecule has 1 atom stereocenters. The topological polar surface area (TPSA) is 87.3 Å². The molecule has 3 amide bonds. The number of hydrogen-bond acceptors (Lipinski definition) is 4. The highest BCUT2D eigenvalue weighted by Gasteiger charge is 2.23. The molecule has 5 rings (SSSR count). The Morgan fingerprint density at radius 1 is 0.652 bits per heavy atom. The Kier molecular flexibility index (Phi) is 11.2. The smallest absolute Gasteiger partial charge is 0.272 e. The highest BCUT2D eigenvalue weighted by atomic mass is 35.5. The van der Waals surface area contributed by atoms with E-state index in [0.29, 0.717) is 37.6 Å².